The van der Waals surface area contributed by atoms with Crippen LogP contribution in [0.5, 0.6) is 5.75 Å². The molecule has 0 saturated heterocycles. The van der Waals surface area contributed by atoms with Gasteiger partial charge >= 0.3 is 0 Å². The first-order valence-corrected chi connectivity index (χ1v) is 7.36. The summed E-state index contributed by atoms with van der Waals surface area (Å²) in [6.07, 6.45) is 0.158. The number of hydrogen-bond donors (Lipinski definition) is 1. The van der Waals surface area contributed by atoms with Gasteiger partial charge in [-0.15, -0.1) is 0 Å². The smallest absolute Gasteiger partial charge is 0.123 e. The lowest BCUT2D eigenvalue weighted by molar-refractivity contribution is 0.242. The summed E-state index contributed by atoms with van der Waals surface area (Å²) in [4.78, 5) is 0. The second-order valence-electron chi connectivity index (χ2n) is 5.27. The zero-order valence-electron chi connectivity index (χ0n) is 12.8. The molecule has 1 N–H and O–H groups in total. The molecule has 0 unspecified atom stereocenters. The molecular weight excluding hydrogens is 265 g/mol. The van der Waals surface area contributed by atoms with Crippen molar-refractivity contribution in [2.75, 3.05) is 6.54 Å². The molecule has 0 saturated carbocycles. The van der Waals surface area contributed by atoms with E-state index in [1.54, 1.807) is 6.07 Å². The Bertz CT molecular complexity index is 578. The third-order valence-corrected chi connectivity index (χ3v) is 3.17. The molecule has 0 amide bonds. The fraction of sp³-hybridized carbons (Fsp3) is 0.333. The highest BCUT2D eigenvalue weighted by molar-refractivity contribution is 5.68. The molecule has 0 heterocycles. The second kappa shape index (κ2) is 7.23. The summed E-state index contributed by atoms with van der Waals surface area (Å²) < 4.78 is 19.1. The lowest BCUT2D eigenvalue weighted by atomic mass is 9.99. The molecule has 0 aromatic heterocycles. The van der Waals surface area contributed by atoms with E-state index in [2.05, 4.69) is 5.32 Å². The normalized spacial score (nSPS) is 10.9. The summed E-state index contributed by atoms with van der Waals surface area (Å²) in [5.74, 6) is 0.649. The predicted octanol–water partition coefficient (Wildman–Crippen LogP) is 4.39. The van der Waals surface area contributed by atoms with E-state index in [0.717, 1.165) is 29.0 Å². The fourth-order valence-electron chi connectivity index (χ4n) is 2.24. The molecule has 0 fully saturated rings. The average Bonchev–Trinajstić information content (AvgIpc) is 2.46. The Labute approximate surface area is 126 Å². The maximum Gasteiger partial charge on any atom is 0.123 e. The van der Waals surface area contributed by atoms with Crippen molar-refractivity contribution >= 4 is 0 Å². The third-order valence-electron chi connectivity index (χ3n) is 3.17. The molecule has 0 aliphatic heterocycles. The van der Waals surface area contributed by atoms with Gasteiger partial charge in [-0.05, 0) is 61.3 Å². The van der Waals surface area contributed by atoms with Crippen LogP contribution in [0.25, 0.3) is 11.1 Å². The molecule has 21 heavy (non-hydrogen) atoms. The van der Waals surface area contributed by atoms with Gasteiger partial charge in [-0.1, -0.05) is 25.1 Å². The number of ether oxygens (including phenoxy) is 1. The molecular formula is C18H22FNO. The lowest BCUT2D eigenvalue weighted by Gasteiger charge is -2.13. The molecule has 2 nitrogen and oxygen atoms in total. The third kappa shape index (κ3) is 4.30. The highest BCUT2D eigenvalue weighted by Crippen LogP contribution is 2.27. The topological polar surface area (TPSA) is 21.3 Å². The first-order chi connectivity index (χ1) is 10.1. The summed E-state index contributed by atoms with van der Waals surface area (Å²) in [6.45, 7) is 7.56. The van der Waals surface area contributed by atoms with Crippen LogP contribution in [0.1, 0.15) is 26.3 Å². The van der Waals surface area contributed by atoms with Crippen molar-refractivity contribution in [2.24, 2.45) is 0 Å². The summed E-state index contributed by atoms with van der Waals surface area (Å²) in [5.41, 5.74) is 3.09. The molecule has 0 aliphatic carbocycles. The van der Waals surface area contributed by atoms with Crippen molar-refractivity contribution in [2.45, 2.75) is 33.4 Å². The molecule has 0 spiro atoms. The van der Waals surface area contributed by atoms with Crippen LogP contribution in [-0.4, -0.2) is 12.6 Å². The quantitative estimate of drug-likeness (QED) is 0.850. The van der Waals surface area contributed by atoms with Crippen molar-refractivity contribution in [3.05, 3.63) is 53.8 Å². The van der Waals surface area contributed by atoms with E-state index < -0.39 is 0 Å². The molecule has 0 radical (unpaired) electrons. The van der Waals surface area contributed by atoms with Gasteiger partial charge in [-0.25, -0.2) is 4.39 Å². The van der Waals surface area contributed by atoms with Crippen LogP contribution in [0, 0.1) is 5.82 Å². The first kappa shape index (κ1) is 15.5. The van der Waals surface area contributed by atoms with Crippen molar-refractivity contribution in [1.29, 1.82) is 0 Å². The minimum atomic E-state index is -0.202. The Morgan fingerprint density at radius 2 is 1.81 bits per heavy atom. The number of hydrogen-bond acceptors (Lipinski definition) is 2. The maximum absolute atomic E-state index is 13.4. The van der Waals surface area contributed by atoms with Crippen molar-refractivity contribution in [3.8, 4) is 16.9 Å². The number of rotatable bonds is 6. The van der Waals surface area contributed by atoms with Crippen LogP contribution < -0.4 is 10.1 Å². The number of halogens is 1. The highest BCUT2D eigenvalue weighted by Gasteiger charge is 2.07. The van der Waals surface area contributed by atoms with Gasteiger partial charge in [0.2, 0.25) is 0 Å². The zero-order valence-corrected chi connectivity index (χ0v) is 12.8. The molecule has 0 atom stereocenters. The molecule has 2 aromatic rings. The number of nitrogens with one attached hydrogen (secondary N) is 1. The number of benzene rings is 2. The Balaban J connectivity index is 2.28. The van der Waals surface area contributed by atoms with E-state index in [0.29, 0.717) is 6.54 Å². The minimum absolute atomic E-state index is 0.158. The van der Waals surface area contributed by atoms with Crippen LogP contribution in [0.4, 0.5) is 4.39 Å². The van der Waals surface area contributed by atoms with Crippen molar-refractivity contribution < 1.29 is 9.13 Å². The Morgan fingerprint density at radius 3 is 2.43 bits per heavy atom. The Kier molecular flexibility index (Phi) is 5.34. The first-order valence-electron chi connectivity index (χ1n) is 7.36. The van der Waals surface area contributed by atoms with Crippen molar-refractivity contribution in [3.63, 3.8) is 0 Å². The summed E-state index contributed by atoms with van der Waals surface area (Å²) >= 11 is 0. The molecule has 112 valence electrons. The van der Waals surface area contributed by atoms with Gasteiger partial charge in [-0.3, -0.25) is 0 Å². The van der Waals surface area contributed by atoms with Gasteiger partial charge in [0.1, 0.15) is 11.6 Å². The minimum Gasteiger partial charge on any atom is -0.491 e. The SMILES string of the molecule is CCNCc1cc(F)ccc1-c1ccc(OC(C)C)cc1. The van der Waals surface area contributed by atoms with Gasteiger partial charge in [0.05, 0.1) is 6.10 Å². The van der Waals surface area contributed by atoms with Crippen molar-refractivity contribution in [1.82, 2.24) is 5.32 Å². The van der Waals surface area contributed by atoms with Crippen LogP contribution in [0.2, 0.25) is 0 Å². The van der Waals surface area contributed by atoms with E-state index in [1.807, 2.05) is 51.1 Å². The van der Waals surface area contributed by atoms with Gasteiger partial charge in [0, 0.05) is 6.54 Å². The lowest BCUT2D eigenvalue weighted by Crippen LogP contribution is -2.12. The molecule has 2 rings (SSSR count). The average molecular weight is 287 g/mol. The van der Waals surface area contributed by atoms with E-state index >= 15 is 0 Å². The van der Waals surface area contributed by atoms with Gasteiger partial charge in [0.25, 0.3) is 0 Å². The Morgan fingerprint density at radius 1 is 1.10 bits per heavy atom. The molecule has 2 aromatic carbocycles. The largest absolute Gasteiger partial charge is 0.491 e. The fourth-order valence-corrected chi connectivity index (χ4v) is 2.24. The highest BCUT2D eigenvalue weighted by atomic mass is 19.1. The van der Waals surface area contributed by atoms with Crippen LogP contribution >= 0.6 is 0 Å². The van der Waals surface area contributed by atoms with E-state index in [4.69, 9.17) is 4.74 Å². The van der Waals surface area contributed by atoms with E-state index in [9.17, 15) is 4.39 Å². The molecule has 0 aliphatic rings. The summed E-state index contributed by atoms with van der Waals surface area (Å²) in [7, 11) is 0. The molecule has 3 heteroatoms. The van der Waals surface area contributed by atoms with E-state index in [-0.39, 0.29) is 11.9 Å². The van der Waals surface area contributed by atoms with Crippen LogP contribution in [0.3, 0.4) is 0 Å². The summed E-state index contributed by atoms with van der Waals surface area (Å²) in [5, 5.41) is 3.25. The van der Waals surface area contributed by atoms with E-state index in [1.165, 1.54) is 6.07 Å². The maximum atomic E-state index is 13.4. The van der Waals surface area contributed by atoms with Crippen LogP contribution in [0.15, 0.2) is 42.5 Å². The molecule has 0 bridgehead atoms. The van der Waals surface area contributed by atoms with Crippen LogP contribution in [-0.2, 0) is 6.54 Å². The van der Waals surface area contributed by atoms with Gasteiger partial charge < -0.3 is 10.1 Å². The van der Waals surface area contributed by atoms with Gasteiger partial charge in [-0.2, -0.15) is 0 Å². The monoisotopic (exact) mass is 287 g/mol. The standard InChI is InChI=1S/C18H22FNO/c1-4-20-12-15-11-16(19)7-10-18(15)14-5-8-17(9-6-14)21-13(2)3/h5-11,13,20H,4,12H2,1-3H3. The summed E-state index contributed by atoms with van der Waals surface area (Å²) in [6, 6.07) is 12.9. The second-order valence-corrected chi connectivity index (χ2v) is 5.27. The predicted molar refractivity (Wildman–Crippen MR) is 85.0 cm³/mol. The Hall–Kier alpha value is -1.87. The zero-order chi connectivity index (χ0) is 15.2. The van der Waals surface area contributed by atoms with Gasteiger partial charge in [0.15, 0.2) is 0 Å².